The van der Waals surface area contributed by atoms with Crippen molar-refractivity contribution in [3.63, 3.8) is 0 Å². The molecule has 1 saturated carbocycles. The lowest BCUT2D eigenvalue weighted by Gasteiger charge is -2.27. The van der Waals surface area contributed by atoms with Crippen LogP contribution >= 0.6 is 0 Å². The fraction of sp³-hybridized carbons (Fsp3) is 0.263. The van der Waals surface area contributed by atoms with Gasteiger partial charge < -0.3 is 15.0 Å². The molecule has 4 rings (SSSR count). The molecule has 0 amide bonds. The molecule has 0 spiro atoms. The number of nitriles is 1. The summed E-state index contributed by atoms with van der Waals surface area (Å²) in [6, 6.07) is 13.7. The summed E-state index contributed by atoms with van der Waals surface area (Å²) < 4.78 is 7.45. The molecule has 1 atom stereocenters. The van der Waals surface area contributed by atoms with E-state index in [4.69, 9.17) is 10.5 Å². The summed E-state index contributed by atoms with van der Waals surface area (Å²) in [5.41, 5.74) is 8.41. The van der Waals surface area contributed by atoms with Crippen LogP contribution in [0.1, 0.15) is 41.6 Å². The van der Waals surface area contributed by atoms with E-state index in [0.717, 1.165) is 24.1 Å². The molecular weight excluding hydrogens is 302 g/mol. The van der Waals surface area contributed by atoms with Gasteiger partial charge in [-0.05, 0) is 25.3 Å². The molecule has 0 radical (unpaired) electrons. The lowest BCUT2D eigenvalue weighted by molar-refractivity contribution is 0.388. The van der Waals surface area contributed by atoms with Gasteiger partial charge in [0.2, 0.25) is 5.88 Å². The number of nitrogens with two attached hydrogens (primary N) is 1. The molecule has 1 fully saturated rings. The fourth-order valence-corrected chi connectivity index (χ4v) is 3.43. The van der Waals surface area contributed by atoms with Crippen molar-refractivity contribution in [2.75, 3.05) is 0 Å². The highest BCUT2D eigenvalue weighted by Gasteiger charge is 2.36. The SMILES string of the molecule is Cc1cc2c(c(=O)n1C1CC1)C(c1ccccc1)C(C#N)=C(N)O2. The molecule has 5 heteroatoms. The molecule has 1 aliphatic heterocycles. The van der Waals surface area contributed by atoms with E-state index in [1.165, 1.54) is 0 Å². The maximum absolute atomic E-state index is 13.2. The normalized spacial score (nSPS) is 19.4. The van der Waals surface area contributed by atoms with Crippen LogP contribution in [0.4, 0.5) is 0 Å². The van der Waals surface area contributed by atoms with Gasteiger partial charge in [-0.15, -0.1) is 0 Å². The number of rotatable bonds is 2. The quantitative estimate of drug-likeness (QED) is 0.923. The van der Waals surface area contributed by atoms with Gasteiger partial charge in [-0.3, -0.25) is 4.79 Å². The Morgan fingerprint density at radius 2 is 2.00 bits per heavy atom. The second kappa shape index (κ2) is 5.27. The molecule has 2 aromatic rings. The lowest BCUT2D eigenvalue weighted by atomic mass is 9.84. The molecule has 2 heterocycles. The predicted molar refractivity (Wildman–Crippen MR) is 89.4 cm³/mol. The highest BCUT2D eigenvalue weighted by molar-refractivity contribution is 5.55. The van der Waals surface area contributed by atoms with Gasteiger partial charge in [0, 0.05) is 17.8 Å². The standard InChI is InChI=1S/C19H17N3O2/c1-11-9-15-17(19(23)22(11)13-7-8-13)16(12-5-3-2-4-6-12)14(10-20)18(21)24-15/h2-6,9,13,16H,7-8,21H2,1H3. The van der Waals surface area contributed by atoms with E-state index in [1.54, 1.807) is 0 Å². The number of nitrogens with zero attached hydrogens (tertiary/aromatic N) is 2. The minimum absolute atomic E-state index is 0.0711. The number of pyridine rings is 1. The summed E-state index contributed by atoms with van der Waals surface area (Å²) in [5.74, 6) is 0.0413. The second-order valence-corrected chi connectivity index (χ2v) is 6.31. The number of allylic oxidation sites excluding steroid dienone is 1. The Labute approximate surface area is 139 Å². The van der Waals surface area contributed by atoms with Crippen LogP contribution in [-0.2, 0) is 0 Å². The summed E-state index contributed by atoms with van der Waals surface area (Å²) >= 11 is 0. The topological polar surface area (TPSA) is 81.0 Å². The van der Waals surface area contributed by atoms with Crippen LogP contribution in [0.2, 0.25) is 0 Å². The van der Waals surface area contributed by atoms with Crippen LogP contribution in [0.3, 0.4) is 0 Å². The highest BCUT2D eigenvalue weighted by atomic mass is 16.5. The largest absolute Gasteiger partial charge is 0.440 e. The smallest absolute Gasteiger partial charge is 0.258 e. The Kier molecular flexibility index (Phi) is 3.20. The first-order valence-corrected chi connectivity index (χ1v) is 8.00. The summed E-state index contributed by atoms with van der Waals surface area (Å²) in [6.45, 7) is 1.90. The van der Waals surface area contributed by atoms with Gasteiger partial charge in [-0.2, -0.15) is 5.26 Å². The fourth-order valence-electron chi connectivity index (χ4n) is 3.43. The molecular formula is C19H17N3O2. The first-order chi connectivity index (χ1) is 11.6. The molecule has 1 aromatic heterocycles. The third kappa shape index (κ3) is 2.11. The zero-order chi connectivity index (χ0) is 16.8. The molecule has 1 unspecified atom stereocenters. The number of aryl methyl sites for hydroxylation is 1. The minimum atomic E-state index is -0.488. The molecule has 120 valence electrons. The summed E-state index contributed by atoms with van der Waals surface area (Å²) in [4.78, 5) is 13.2. The first kappa shape index (κ1) is 14.6. The van der Waals surface area contributed by atoms with Crippen LogP contribution in [-0.4, -0.2) is 4.57 Å². The monoisotopic (exact) mass is 319 g/mol. The average Bonchev–Trinajstić information content (AvgIpc) is 3.39. The summed E-state index contributed by atoms with van der Waals surface area (Å²) in [6.07, 6.45) is 2.03. The number of ether oxygens (including phenoxy) is 1. The maximum atomic E-state index is 13.2. The third-order valence-electron chi connectivity index (χ3n) is 4.66. The number of aromatic nitrogens is 1. The van der Waals surface area contributed by atoms with Gasteiger partial charge in [-0.25, -0.2) is 0 Å². The summed E-state index contributed by atoms with van der Waals surface area (Å²) in [7, 11) is 0. The van der Waals surface area contributed by atoms with Crippen molar-refractivity contribution in [2.24, 2.45) is 5.73 Å². The third-order valence-corrected chi connectivity index (χ3v) is 4.66. The zero-order valence-electron chi connectivity index (χ0n) is 13.3. The Morgan fingerprint density at radius 1 is 1.29 bits per heavy atom. The molecule has 1 aromatic carbocycles. The summed E-state index contributed by atoms with van der Waals surface area (Å²) in [5, 5.41) is 9.58. The number of hydrogen-bond acceptors (Lipinski definition) is 4. The van der Waals surface area contributed by atoms with E-state index in [1.807, 2.05) is 47.9 Å². The molecule has 1 aliphatic carbocycles. The highest BCUT2D eigenvalue weighted by Crippen LogP contribution is 2.42. The van der Waals surface area contributed by atoms with Crippen LogP contribution in [0.15, 0.2) is 52.6 Å². The number of fused-ring (bicyclic) bond motifs is 1. The Bertz CT molecular complexity index is 947. The lowest BCUT2D eigenvalue weighted by Crippen LogP contribution is -2.32. The van der Waals surface area contributed by atoms with Crippen molar-refractivity contribution in [3.05, 3.63) is 75.0 Å². The van der Waals surface area contributed by atoms with E-state index in [0.29, 0.717) is 11.3 Å². The maximum Gasteiger partial charge on any atom is 0.258 e. The van der Waals surface area contributed by atoms with Gasteiger partial charge in [0.15, 0.2) is 0 Å². The molecule has 0 bridgehead atoms. The van der Waals surface area contributed by atoms with Crippen LogP contribution < -0.4 is 16.0 Å². The average molecular weight is 319 g/mol. The van der Waals surface area contributed by atoms with E-state index in [2.05, 4.69) is 6.07 Å². The van der Waals surface area contributed by atoms with Crippen molar-refractivity contribution in [1.29, 1.82) is 5.26 Å². The first-order valence-electron chi connectivity index (χ1n) is 8.00. The molecule has 5 nitrogen and oxygen atoms in total. The van der Waals surface area contributed by atoms with Gasteiger partial charge in [-0.1, -0.05) is 30.3 Å². The van der Waals surface area contributed by atoms with Gasteiger partial charge in [0.1, 0.15) is 17.4 Å². The van der Waals surface area contributed by atoms with Crippen molar-refractivity contribution in [1.82, 2.24) is 4.57 Å². The second-order valence-electron chi connectivity index (χ2n) is 6.31. The Balaban J connectivity index is 2.01. The molecule has 0 saturated heterocycles. The van der Waals surface area contributed by atoms with Crippen molar-refractivity contribution < 1.29 is 4.74 Å². The van der Waals surface area contributed by atoms with Crippen molar-refractivity contribution >= 4 is 0 Å². The van der Waals surface area contributed by atoms with E-state index in [9.17, 15) is 10.1 Å². The molecule has 24 heavy (non-hydrogen) atoms. The van der Waals surface area contributed by atoms with Crippen LogP contribution in [0.5, 0.6) is 5.75 Å². The number of benzene rings is 1. The van der Waals surface area contributed by atoms with Crippen molar-refractivity contribution in [2.45, 2.75) is 31.7 Å². The molecule has 2 N–H and O–H groups in total. The number of hydrogen-bond donors (Lipinski definition) is 1. The predicted octanol–water partition coefficient (Wildman–Crippen LogP) is 2.71. The van der Waals surface area contributed by atoms with E-state index in [-0.39, 0.29) is 23.1 Å². The van der Waals surface area contributed by atoms with Crippen LogP contribution in [0, 0.1) is 18.3 Å². The zero-order valence-corrected chi connectivity index (χ0v) is 13.3. The minimum Gasteiger partial charge on any atom is -0.440 e. The van der Waals surface area contributed by atoms with E-state index >= 15 is 0 Å². The van der Waals surface area contributed by atoms with Gasteiger partial charge in [0.05, 0.1) is 11.5 Å². The van der Waals surface area contributed by atoms with Crippen LogP contribution in [0.25, 0.3) is 0 Å². The molecule has 2 aliphatic rings. The Morgan fingerprint density at radius 3 is 2.62 bits per heavy atom. The van der Waals surface area contributed by atoms with Gasteiger partial charge in [0.25, 0.3) is 5.56 Å². The van der Waals surface area contributed by atoms with Crippen molar-refractivity contribution in [3.8, 4) is 11.8 Å². The van der Waals surface area contributed by atoms with E-state index < -0.39 is 5.92 Å². The Hall–Kier alpha value is -3.00. The van der Waals surface area contributed by atoms with Gasteiger partial charge >= 0.3 is 0 Å².